The van der Waals surface area contributed by atoms with Gasteiger partial charge in [0.15, 0.2) is 0 Å². The summed E-state index contributed by atoms with van der Waals surface area (Å²) >= 11 is 5.77. The Labute approximate surface area is 111 Å². The maximum atomic E-state index is 13.9. The van der Waals surface area contributed by atoms with Crippen LogP contribution >= 0.6 is 11.6 Å². The molecule has 3 N–H and O–H groups in total. The number of halogens is 2. The minimum absolute atomic E-state index is 0.130. The minimum Gasteiger partial charge on any atom is -0.378 e. The van der Waals surface area contributed by atoms with Gasteiger partial charge in [-0.15, -0.1) is 0 Å². The average Bonchev–Trinajstić information content (AvgIpc) is 2.88. The second kappa shape index (κ2) is 6.48. The summed E-state index contributed by atoms with van der Waals surface area (Å²) in [7, 11) is 0. The van der Waals surface area contributed by atoms with Crippen LogP contribution in [0.15, 0.2) is 18.2 Å². The lowest BCUT2D eigenvalue weighted by molar-refractivity contribution is 0.0995. The van der Waals surface area contributed by atoms with Crippen LogP contribution in [0.5, 0.6) is 0 Å². The zero-order chi connectivity index (χ0) is 13.0. The number of nitrogens with two attached hydrogens (primary N) is 1. The monoisotopic (exact) mass is 272 g/mol. The highest BCUT2D eigenvalue weighted by atomic mass is 35.5. The highest BCUT2D eigenvalue weighted by Crippen LogP contribution is 2.28. The fraction of sp³-hybridized carbons (Fsp3) is 0.538. The smallest absolute Gasteiger partial charge is 0.146 e. The minimum atomic E-state index is -0.394. The Kier molecular flexibility index (Phi) is 4.95. The van der Waals surface area contributed by atoms with E-state index in [9.17, 15) is 4.39 Å². The Morgan fingerprint density at radius 2 is 2.39 bits per heavy atom. The number of nitrogens with one attached hydrogen (secondary N) is 1. The number of ether oxygens (including phenoxy) is 1. The van der Waals surface area contributed by atoms with E-state index >= 15 is 0 Å². The van der Waals surface area contributed by atoms with Crippen LogP contribution in [-0.2, 0) is 4.74 Å². The molecule has 100 valence electrons. The van der Waals surface area contributed by atoms with Gasteiger partial charge in [0.1, 0.15) is 5.82 Å². The van der Waals surface area contributed by atoms with Crippen molar-refractivity contribution in [1.29, 1.82) is 0 Å². The predicted octanol–water partition coefficient (Wildman–Crippen LogP) is 2.94. The highest BCUT2D eigenvalue weighted by Gasteiger charge is 2.20. The summed E-state index contributed by atoms with van der Waals surface area (Å²) in [6, 6.07) is 4.75. The average molecular weight is 273 g/mol. The van der Waals surface area contributed by atoms with Gasteiger partial charge in [0.05, 0.1) is 11.1 Å². The molecule has 1 fully saturated rings. The molecule has 5 heteroatoms. The molecule has 0 amide bonds. The quantitative estimate of drug-likeness (QED) is 0.640. The molecule has 0 saturated carbocycles. The predicted molar refractivity (Wildman–Crippen MR) is 69.7 cm³/mol. The first-order chi connectivity index (χ1) is 8.72. The van der Waals surface area contributed by atoms with E-state index in [2.05, 4.69) is 5.43 Å². The van der Waals surface area contributed by atoms with Crippen molar-refractivity contribution < 1.29 is 9.13 Å². The topological polar surface area (TPSA) is 47.3 Å². The Morgan fingerprint density at radius 3 is 3.06 bits per heavy atom. The van der Waals surface area contributed by atoms with Crippen molar-refractivity contribution in [3.63, 3.8) is 0 Å². The van der Waals surface area contributed by atoms with Crippen LogP contribution in [0.2, 0.25) is 5.02 Å². The van der Waals surface area contributed by atoms with Gasteiger partial charge in [-0.3, -0.25) is 11.3 Å². The third kappa shape index (κ3) is 3.20. The largest absolute Gasteiger partial charge is 0.378 e. The first-order valence-electron chi connectivity index (χ1n) is 6.24. The zero-order valence-electron chi connectivity index (χ0n) is 10.2. The van der Waals surface area contributed by atoms with Gasteiger partial charge in [-0.1, -0.05) is 23.7 Å². The van der Waals surface area contributed by atoms with E-state index in [1.807, 2.05) is 0 Å². The fourth-order valence-electron chi connectivity index (χ4n) is 2.34. The highest BCUT2D eigenvalue weighted by molar-refractivity contribution is 6.30. The van der Waals surface area contributed by atoms with E-state index in [0.717, 1.165) is 32.3 Å². The van der Waals surface area contributed by atoms with Crippen molar-refractivity contribution in [1.82, 2.24) is 5.43 Å². The lowest BCUT2D eigenvalue weighted by atomic mass is 9.99. The number of hydrazine groups is 1. The van der Waals surface area contributed by atoms with Crippen LogP contribution in [0.1, 0.15) is 37.3 Å². The van der Waals surface area contributed by atoms with Crippen molar-refractivity contribution in [2.45, 2.75) is 37.8 Å². The van der Waals surface area contributed by atoms with Crippen LogP contribution in [-0.4, -0.2) is 12.7 Å². The molecule has 1 saturated heterocycles. The molecule has 2 atom stereocenters. The van der Waals surface area contributed by atoms with E-state index in [1.54, 1.807) is 12.1 Å². The van der Waals surface area contributed by atoms with E-state index in [-0.39, 0.29) is 17.2 Å². The summed E-state index contributed by atoms with van der Waals surface area (Å²) in [5.41, 5.74) is 3.17. The molecular weight excluding hydrogens is 255 g/mol. The van der Waals surface area contributed by atoms with Gasteiger partial charge in [-0.2, -0.15) is 0 Å². The number of rotatable bonds is 5. The Morgan fingerprint density at radius 1 is 1.56 bits per heavy atom. The molecule has 18 heavy (non-hydrogen) atoms. The fourth-order valence-corrected chi connectivity index (χ4v) is 2.52. The summed E-state index contributed by atoms with van der Waals surface area (Å²) < 4.78 is 19.4. The first kappa shape index (κ1) is 13.7. The summed E-state index contributed by atoms with van der Waals surface area (Å²) in [5.74, 6) is 5.11. The third-order valence-corrected chi connectivity index (χ3v) is 3.65. The molecule has 0 bridgehead atoms. The van der Waals surface area contributed by atoms with Crippen molar-refractivity contribution in [2.75, 3.05) is 6.61 Å². The molecule has 0 aliphatic carbocycles. The van der Waals surface area contributed by atoms with Crippen LogP contribution in [0.25, 0.3) is 0 Å². The Balaban J connectivity index is 2.00. The lowest BCUT2D eigenvalue weighted by Gasteiger charge is -2.19. The third-order valence-electron chi connectivity index (χ3n) is 3.36. The number of hydrogen-bond acceptors (Lipinski definition) is 3. The summed E-state index contributed by atoms with van der Waals surface area (Å²) in [6.45, 7) is 0.830. The van der Waals surface area contributed by atoms with Gasteiger partial charge in [0.25, 0.3) is 0 Å². The standard InChI is InChI=1S/C13H18ClFN2O/c14-11-5-1-4-10(13(11)15)12(17-16)7-6-9-3-2-8-18-9/h1,4-5,9,12,17H,2-3,6-8,16H2. The Hall–Kier alpha value is -0.680. The van der Waals surface area contributed by atoms with Crippen molar-refractivity contribution in [3.05, 3.63) is 34.6 Å². The van der Waals surface area contributed by atoms with Crippen molar-refractivity contribution in [3.8, 4) is 0 Å². The van der Waals surface area contributed by atoms with E-state index in [0.29, 0.717) is 5.56 Å². The van der Waals surface area contributed by atoms with Gasteiger partial charge < -0.3 is 4.74 Å². The van der Waals surface area contributed by atoms with Gasteiger partial charge in [-0.25, -0.2) is 4.39 Å². The van der Waals surface area contributed by atoms with Gasteiger partial charge in [0, 0.05) is 18.2 Å². The summed E-state index contributed by atoms with van der Waals surface area (Å²) in [4.78, 5) is 0. The van der Waals surface area contributed by atoms with E-state index < -0.39 is 5.82 Å². The van der Waals surface area contributed by atoms with Crippen LogP contribution < -0.4 is 11.3 Å². The van der Waals surface area contributed by atoms with Crippen molar-refractivity contribution in [2.24, 2.45) is 5.84 Å². The molecule has 0 radical (unpaired) electrons. The molecule has 1 aliphatic heterocycles. The molecule has 3 nitrogen and oxygen atoms in total. The number of benzene rings is 1. The maximum absolute atomic E-state index is 13.9. The molecule has 0 spiro atoms. The molecule has 1 heterocycles. The van der Waals surface area contributed by atoms with Crippen molar-refractivity contribution >= 4 is 11.6 Å². The van der Waals surface area contributed by atoms with Gasteiger partial charge >= 0.3 is 0 Å². The summed E-state index contributed by atoms with van der Waals surface area (Å²) in [6.07, 6.45) is 4.08. The van der Waals surface area contributed by atoms with Gasteiger partial charge in [-0.05, 0) is 31.7 Å². The van der Waals surface area contributed by atoms with Crippen LogP contribution in [0.4, 0.5) is 4.39 Å². The van der Waals surface area contributed by atoms with Gasteiger partial charge in [0.2, 0.25) is 0 Å². The lowest BCUT2D eigenvalue weighted by Crippen LogP contribution is -2.29. The maximum Gasteiger partial charge on any atom is 0.146 e. The zero-order valence-corrected chi connectivity index (χ0v) is 10.9. The van der Waals surface area contributed by atoms with Crippen LogP contribution in [0.3, 0.4) is 0 Å². The summed E-state index contributed by atoms with van der Waals surface area (Å²) in [5, 5.41) is 0.130. The Bertz CT molecular complexity index is 397. The molecule has 2 unspecified atom stereocenters. The normalized spacial score (nSPS) is 21.2. The van der Waals surface area contributed by atoms with E-state index in [1.165, 1.54) is 6.07 Å². The second-order valence-electron chi connectivity index (χ2n) is 4.57. The molecule has 1 aromatic rings. The number of hydrogen-bond donors (Lipinski definition) is 2. The molecule has 2 rings (SSSR count). The molecule has 1 aliphatic rings. The molecular formula is C13H18ClFN2O. The van der Waals surface area contributed by atoms with Crippen LogP contribution in [0, 0.1) is 5.82 Å². The van der Waals surface area contributed by atoms with E-state index in [4.69, 9.17) is 22.2 Å². The molecule has 1 aromatic carbocycles. The SMILES string of the molecule is NNC(CCC1CCCO1)c1cccc(Cl)c1F. The first-order valence-corrected chi connectivity index (χ1v) is 6.62. The molecule has 0 aromatic heterocycles. The second-order valence-corrected chi connectivity index (χ2v) is 4.98.